The number of rotatable bonds is 3. The maximum absolute atomic E-state index is 9.47. The van der Waals surface area contributed by atoms with Crippen LogP contribution in [0.4, 0.5) is 0 Å². The first kappa shape index (κ1) is 12.4. The summed E-state index contributed by atoms with van der Waals surface area (Å²) in [5.74, 6) is 2.11. The Hall–Kier alpha value is -1.68. The smallest absolute Gasteiger partial charge is 0.163 e. The van der Waals surface area contributed by atoms with Gasteiger partial charge in [-0.1, -0.05) is 37.5 Å². The number of hydrogen-bond acceptors (Lipinski definition) is 3. The lowest BCUT2D eigenvalue weighted by molar-refractivity contribution is 0.268. The molecule has 0 atom stereocenters. The maximum Gasteiger partial charge on any atom is 0.163 e. The van der Waals surface area contributed by atoms with Crippen molar-refractivity contribution in [3.8, 4) is 5.69 Å². The first-order chi connectivity index (χ1) is 9.40. The Bertz CT molecular complexity index is 530. The molecule has 1 aromatic heterocycles. The van der Waals surface area contributed by atoms with Crippen LogP contribution in [0.25, 0.3) is 5.69 Å². The molecule has 0 unspecified atom stereocenters. The highest BCUT2D eigenvalue weighted by atomic mass is 16.3. The zero-order chi connectivity index (χ0) is 13.1. The topological polar surface area (TPSA) is 50.9 Å². The van der Waals surface area contributed by atoms with Crippen LogP contribution in [0.5, 0.6) is 0 Å². The summed E-state index contributed by atoms with van der Waals surface area (Å²) >= 11 is 0. The molecule has 1 aromatic carbocycles. The van der Waals surface area contributed by atoms with Gasteiger partial charge in [0.15, 0.2) is 5.82 Å². The van der Waals surface area contributed by atoms with Crippen molar-refractivity contribution < 1.29 is 5.11 Å². The number of aromatic nitrogens is 3. The molecule has 0 spiro atoms. The fourth-order valence-electron chi connectivity index (χ4n) is 2.92. The molecule has 0 aliphatic heterocycles. The molecule has 4 nitrogen and oxygen atoms in total. The molecule has 1 fully saturated rings. The van der Waals surface area contributed by atoms with Crippen LogP contribution in [0, 0.1) is 0 Å². The van der Waals surface area contributed by atoms with Crippen LogP contribution >= 0.6 is 0 Å². The van der Waals surface area contributed by atoms with Gasteiger partial charge in [0.05, 0.1) is 0 Å². The lowest BCUT2D eigenvalue weighted by Crippen LogP contribution is -2.12. The number of aliphatic hydroxyl groups is 1. The van der Waals surface area contributed by atoms with Crippen LogP contribution in [0.1, 0.15) is 49.7 Å². The van der Waals surface area contributed by atoms with Gasteiger partial charge in [0, 0.05) is 11.6 Å². The minimum Gasteiger partial charge on any atom is -0.388 e. The third-order valence-corrected chi connectivity index (χ3v) is 3.88. The van der Waals surface area contributed by atoms with E-state index in [2.05, 4.69) is 10.2 Å². The summed E-state index contributed by atoms with van der Waals surface area (Å²) in [6.07, 6.45) is 6.21. The van der Waals surface area contributed by atoms with E-state index in [0.29, 0.717) is 11.7 Å². The summed E-state index contributed by atoms with van der Waals surface area (Å²) in [6.45, 7) is -0.0748. The van der Waals surface area contributed by atoms with E-state index in [-0.39, 0.29) is 6.61 Å². The quantitative estimate of drug-likeness (QED) is 0.919. The minimum atomic E-state index is -0.0748. The van der Waals surface area contributed by atoms with Crippen molar-refractivity contribution >= 4 is 0 Å². The van der Waals surface area contributed by atoms with Gasteiger partial charge in [-0.15, -0.1) is 10.2 Å². The molecule has 19 heavy (non-hydrogen) atoms. The summed E-state index contributed by atoms with van der Waals surface area (Å²) in [5.41, 5.74) is 1.04. The van der Waals surface area contributed by atoms with Crippen molar-refractivity contribution in [2.75, 3.05) is 0 Å². The molecule has 1 aliphatic carbocycles. The Labute approximate surface area is 113 Å². The van der Waals surface area contributed by atoms with Crippen molar-refractivity contribution in [1.82, 2.24) is 14.8 Å². The molecule has 1 heterocycles. The molecule has 4 heteroatoms. The summed E-state index contributed by atoms with van der Waals surface area (Å²) in [4.78, 5) is 0. The molecular formula is C15H19N3O. The van der Waals surface area contributed by atoms with E-state index in [1.54, 1.807) is 0 Å². The van der Waals surface area contributed by atoms with E-state index in [0.717, 1.165) is 11.5 Å². The van der Waals surface area contributed by atoms with Crippen molar-refractivity contribution in [3.63, 3.8) is 0 Å². The number of aliphatic hydroxyl groups excluding tert-OH is 1. The van der Waals surface area contributed by atoms with Gasteiger partial charge in [0.1, 0.15) is 12.4 Å². The summed E-state index contributed by atoms with van der Waals surface area (Å²) in [5, 5.41) is 18.0. The highest BCUT2D eigenvalue weighted by Gasteiger charge is 2.23. The van der Waals surface area contributed by atoms with Crippen LogP contribution < -0.4 is 0 Å². The lowest BCUT2D eigenvalue weighted by Gasteiger charge is -2.21. The Morgan fingerprint density at radius 3 is 2.47 bits per heavy atom. The molecule has 1 saturated carbocycles. The SMILES string of the molecule is OCc1nnc(C2CCCCC2)n1-c1ccccc1. The van der Waals surface area contributed by atoms with E-state index in [4.69, 9.17) is 0 Å². The monoisotopic (exact) mass is 257 g/mol. The van der Waals surface area contributed by atoms with Gasteiger partial charge in [-0.05, 0) is 25.0 Å². The Morgan fingerprint density at radius 1 is 1.05 bits per heavy atom. The van der Waals surface area contributed by atoms with Gasteiger partial charge in [-0.3, -0.25) is 4.57 Å². The van der Waals surface area contributed by atoms with Gasteiger partial charge in [0.25, 0.3) is 0 Å². The molecule has 3 rings (SSSR count). The van der Waals surface area contributed by atoms with Crippen molar-refractivity contribution in [3.05, 3.63) is 42.0 Å². The first-order valence-corrected chi connectivity index (χ1v) is 7.00. The number of hydrogen-bond donors (Lipinski definition) is 1. The van der Waals surface area contributed by atoms with Crippen LogP contribution in [0.15, 0.2) is 30.3 Å². The van der Waals surface area contributed by atoms with Crippen LogP contribution in [0.3, 0.4) is 0 Å². The van der Waals surface area contributed by atoms with E-state index >= 15 is 0 Å². The Kier molecular flexibility index (Phi) is 3.60. The largest absolute Gasteiger partial charge is 0.388 e. The predicted octanol–water partition coefficient (Wildman–Crippen LogP) is 2.81. The highest BCUT2D eigenvalue weighted by molar-refractivity contribution is 5.34. The van der Waals surface area contributed by atoms with Gasteiger partial charge in [0.2, 0.25) is 0 Å². The molecule has 0 amide bonds. The molecule has 0 bridgehead atoms. The fourth-order valence-corrected chi connectivity index (χ4v) is 2.92. The van der Waals surface area contributed by atoms with Gasteiger partial charge in [-0.25, -0.2) is 0 Å². The average molecular weight is 257 g/mol. The average Bonchev–Trinajstić information content (AvgIpc) is 2.93. The molecule has 1 aliphatic rings. The van der Waals surface area contributed by atoms with Crippen LogP contribution in [-0.2, 0) is 6.61 Å². The molecule has 100 valence electrons. The van der Waals surface area contributed by atoms with Crippen molar-refractivity contribution in [2.45, 2.75) is 44.6 Å². The Balaban J connectivity index is 2.03. The zero-order valence-corrected chi connectivity index (χ0v) is 11.0. The second kappa shape index (κ2) is 5.53. The van der Waals surface area contributed by atoms with E-state index in [9.17, 15) is 5.11 Å². The maximum atomic E-state index is 9.47. The lowest BCUT2D eigenvalue weighted by atomic mass is 9.88. The van der Waals surface area contributed by atoms with Crippen molar-refractivity contribution in [1.29, 1.82) is 0 Å². The van der Waals surface area contributed by atoms with Gasteiger partial charge < -0.3 is 5.11 Å². The van der Waals surface area contributed by atoms with E-state index < -0.39 is 0 Å². The van der Waals surface area contributed by atoms with Crippen LogP contribution in [0.2, 0.25) is 0 Å². The summed E-state index contributed by atoms with van der Waals surface area (Å²) in [6, 6.07) is 10.1. The van der Waals surface area contributed by atoms with Gasteiger partial charge in [-0.2, -0.15) is 0 Å². The standard InChI is InChI=1S/C15H19N3O/c19-11-14-16-17-15(12-7-3-1-4-8-12)18(14)13-9-5-2-6-10-13/h2,5-6,9-10,12,19H,1,3-4,7-8,11H2. The second-order valence-corrected chi connectivity index (χ2v) is 5.14. The molecular weight excluding hydrogens is 238 g/mol. The van der Waals surface area contributed by atoms with Crippen LogP contribution in [-0.4, -0.2) is 19.9 Å². The Morgan fingerprint density at radius 2 is 1.79 bits per heavy atom. The van der Waals surface area contributed by atoms with E-state index in [1.807, 2.05) is 34.9 Å². The molecule has 1 N–H and O–H groups in total. The summed E-state index contributed by atoms with van der Waals surface area (Å²) in [7, 11) is 0. The molecule has 0 saturated heterocycles. The number of benzene rings is 1. The summed E-state index contributed by atoms with van der Waals surface area (Å²) < 4.78 is 2.02. The minimum absolute atomic E-state index is 0.0748. The fraction of sp³-hybridized carbons (Fsp3) is 0.467. The highest BCUT2D eigenvalue weighted by Crippen LogP contribution is 2.33. The molecule has 0 radical (unpaired) electrons. The van der Waals surface area contributed by atoms with Gasteiger partial charge >= 0.3 is 0 Å². The first-order valence-electron chi connectivity index (χ1n) is 7.00. The zero-order valence-electron chi connectivity index (χ0n) is 11.0. The second-order valence-electron chi connectivity index (χ2n) is 5.14. The third kappa shape index (κ3) is 2.40. The molecule has 2 aromatic rings. The third-order valence-electron chi connectivity index (χ3n) is 3.88. The number of nitrogens with zero attached hydrogens (tertiary/aromatic N) is 3. The predicted molar refractivity (Wildman–Crippen MR) is 73.1 cm³/mol. The number of para-hydroxylation sites is 1. The normalized spacial score (nSPS) is 16.7. The van der Waals surface area contributed by atoms with E-state index in [1.165, 1.54) is 32.1 Å². The van der Waals surface area contributed by atoms with Crippen molar-refractivity contribution in [2.24, 2.45) is 0 Å².